The Kier molecular flexibility index (Phi) is 3.54. The zero-order chi connectivity index (χ0) is 13.4. The van der Waals surface area contributed by atoms with Crippen LogP contribution in [0.4, 0.5) is 0 Å². The van der Waals surface area contributed by atoms with E-state index in [9.17, 15) is 0 Å². The van der Waals surface area contributed by atoms with Crippen molar-refractivity contribution in [3.8, 4) is 0 Å². The van der Waals surface area contributed by atoms with E-state index in [0.717, 1.165) is 10.3 Å². The quantitative estimate of drug-likeness (QED) is 0.556. The van der Waals surface area contributed by atoms with Crippen LogP contribution >= 0.6 is 46.6 Å². The van der Waals surface area contributed by atoms with Crippen LogP contribution < -0.4 is 0 Å². The average Bonchev–Trinajstić information content (AvgIpc) is 2.82. The maximum Gasteiger partial charge on any atom is 0.225 e. The molecular formula is C11H5Cl3N4S. The Bertz CT molecular complexity index is 759. The van der Waals surface area contributed by atoms with Gasteiger partial charge in [-0.15, -0.1) is 0 Å². The number of hydrogen-bond donors (Lipinski definition) is 1. The van der Waals surface area contributed by atoms with Crippen LogP contribution in [-0.2, 0) is 0 Å². The van der Waals surface area contributed by atoms with Crippen molar-refractivity contribution >= 4 is 57.6 Å². The van der Waals surface area contributed by atoms with Crippen LogP contribution in [0.15, 0.2) is 34.3 Å². The molecule has 3 rings (SSSR count). The Hall–Kier alpha value is -1.01. The third-order valence-electron chi connectivity index (χ3n) is 2.35. The highest BCUT2D eigenvalue weighted by molar-refractivity contribution is 7.99. The van der Waals surface area contributed by atoms with Crippen molar-refractivity contribution < 1.29 is 0 Å². The third kappa shape index (κ3) is 2.65. The summed E-state index contributed by atoms with van der Waals surface area (Å²) in [7, 11) is 0. The lowest BCUT2D eigenvalue weighted by atomic mass is 10.4. The largest absolute Gasteiger partial charge is 0.261 e. The zero-order valence-electron chi connectivity index (χ0n) is 9.19. The van der Waals surface area contributed by atoms with E-state index in [2.05, 4.69) is 20.2 Å². The molecule has 0 spiro atoms. The molecule has 0 radical (unpaired) electrons. The predicted octanol–water partition coefficient (Wildman–Crippen LogP) is 4.46. The van der Waals surface area contributed by atoms with Crippen LogP contribution in [0.2, 0.25) is 15.3 Å². The molecule has 19 heavy (non-hydrogen) atoms. The Morgan fingerprint density at radius 1 is 1.11 bits per heavy atom. The van der Waals surface area contributed by atoms with Crippen LogP contribution in [0.25, 0.3) is 11.0 Å². The summed E-state index contributed by atoms with van der Waals surface area (Å²) in [5.74, 6) is 0. The Morgan fingerprint density at radius 3 is 2.79 bits per heavy atom. The van der Waals surface area contributed by atoms with Crippen LogP contribution in [0.3, 0.4) is 0 Å². The summed E-state index contributed by atoms with van der Waals surface area (Å²) >= 11 is 19.3. The van der Waals surface area contributed by atoms with Crippen molar-refractivity contribution in [2.45, 2.75) is 9.92 Å². The van der Waals surface area contributed by atoms with E-state index in [1.54, 1.807) is 24.4 Å². The summed E-state index contributed by atoms with van der Waals surface area (Å²) in [6, 6.07) is 5.24. The molecule has 0 saturated carbocycles. The highest BCUT2D eigenvalue weighted by Crippen LogP contribution is 2.37. The minimum absolute atomic E-state index is 0.150. The number of H-pyrrole nitrogens is 1. The van der Waals surface area contributed by atoms with Crippen LogP contribution in [0.5, 0.6) is 0 Å². The van der Waals surface area contributed by atoms with Crippen LogP contribution in [0.1, 0.15) is 0 Å². The van der Waals surface area contributed by atoms with E-state index >= 15 is 0 Å². The first kappa shape index (κ1) is 13.0. The Labute approximate surface area is 127 Å². The second-order valence-corrected chi connectivity index (χ2v) is 5.82. The molecule has 8 heteroatoms. The standard InChI is InChI=1S/C11H5Cl3N4S/c12-5-1-2-7(13)8(3-5)19-10-6-4-15-18-9(6)16-11(14)17-10/h1-4H,(H,15,16,17,18). The molecule has 0 atom stereocenters. The molecule has 0 bridgehead atoms. The summed E-state index contributed by atoms with van der Waals surface area (Å²) in [5.41, 5.74) is 0.584. The molecule has 1 aromatic carbocycles. The van der Waals surface area contributed by atoms with Crippen molar-refractivity contribution in [2.24, 2.45) is 0 Å². The number of fused-ring (bicyclic) bond motifs is 1. The molecule has 0 aliphatic carbocycles. The van der Waals surface area contributed by atoms with Crippen LogP contribution in [0, 0.1) is 0 Å². The van der Waals surface area contributed by atoms with Gasteiger partial charge in [0.05, 0.1) is 16.6 Å². The van der Waals surface area contributed by atoms with Crippen LogP contribution in [-0.4, -0.2) is 20.2 Å². The minimum Gasteiger partial charge on any atom is -0.261 e. The van der Waals surface area contributed by atoms with Gasteiger partial charge in [-0.05, 0) is 29.8 Å². The summed E-state index contributed by atoms with van der Waals surface area (Å²) in [6.07, 6.45) is 1.65. The highest BCUT2D eigenvalue weighted by Gasteiger charge is 2.12. The predicted molar refractivity (Wildman–Crippen MR) is 77.3 cm³/mol. The number of aromatic amines is 1. The molecule has 0 aliphatic heterocycles. The van der Waals surface area contributed by atoms with E-state index in [1.807, 2.05) is 0 Å². The van der Waals surface area contributed by atoms with E-state index in [0.29, 0.717) is 20.7 Å². The average molecular weight is 332 g/mol. The molecule has 0 unspecified atom stereocenters. The first-order valence-corrected chi connectivity index (χ1v) is 7.08. The molecule has 0 amide bonds. The van der Waals surface area contributed by atoms with Crippen molar-refractivity contribution in [2.75, 3.05) is 0 Å². The van der Waals surface area contributed by atoms with Gasteiger partial charge in [0.1, 0.15) is 5.03 Å². The van der Waals surface area contributed by atoms with E-state index < -0.39 is 0 Å². The van der Waals surface area contributed by atoms with Gasteiger partial charge in [-0.25, -0.2) is 4.98 Å². The zero-order valence-corrected chi connectivity index (χ0v) is 12.3. The fourth-order valence-electron chi connectivity index (χ4n) is 1.52. The molecule has 96 valence electrons. The molecule has 3 aromatic rings. The van der Waals surface area contributed by atoms with E-state index in [-0.39, 0.29) is 5.28 Å². The lowest BCUT2D eigenvalue weighted by Crippen LogP contribution is -1.88. The third-order valence-corrected chi connectivity index (χ3v) is 4.26. The topological polar surface area (TPSA) is 54.5 Å². The van der Waals surface area contributed by atoms with Crippen molar-refractivity contribution in [1.82, 2.24) is 20.2 Å². The van der Waals surface area contributed by atoms with Gasteiger partial charge >= 0.3 is 0 Å². The maximum absolute atomic E-state index is 6.13. The lowest BCUT2D eigenvalue weighted by molar-refractivity contribution is 1.07. The molecule has 0 fully saturated rings. The summed E-state index contributed by atoms with van der Waals surface area (Å²) in [5, 5.41) is 9.49. The number of rotatable bonds is 2. The number of aromatic nitrogens is 4. The summed E-state index contributed by atoms with van der Waals surface area (Å²) in [6.45, 7) is 0. The molecule has 0 saturated heterocycles. The lowest BCUT2D eigenvalue weighted by Gasteiger charge is -2.05. The van der Waals surface area contributed by atoms with E-state index in [1.165, 1.54) is 11.8 Å². The summed E-state index contributed by atoms with van der Waals surface area (Å²) < 4.78 is 0. The molecule has 1 N–H and O–H groups in total. The van der Waals surface area contributed by atoms with Gasteiger partial charge in [0, 0.05) is 9.92 Å². The van der Waals surface area contributed by atoms with Gasteiger partial charge in [-0.3, -0.25) is 5.10 Å². The van der Waals surface area contributed by atoms with Gasteiger partial charge in [0.2, 0.25) is 5.28 Å². The fraction of sp³-hybridized carbons (Fsp3) is 0. The highest BCUT2D eigenvalue weighted by atomic mass is 35.5. The SMILES string of the molecule is Clc1ccc(Cl)c(Sc2nc(Cl)nc3[nH]ncc23)c1. The van der Waals surface area contributed by atoms with Gasteiger partial charge in [0.25, 0.3) is 0 Å². The minimum atomic E-state index is 0.150. The monoisotopic (exact) mass is 330 g/mol. The number of benzene rings is 1. The second kappa shape index (κ2) is 5.17. The number of hydrogen-bond acceptors (Lipinski definition) is 4. The van der Waals surface area contributed by atoms with E-state index in [4.69, 9.17) is 34.8 Å². The maximum atomic E-state index is 6.13. The molecule has 4 nitrogen and oxygen atoms in total. The Morgan fingerprint density at radius 2 is 1.95 bits per heavy atom. The smallest absolute Gasteiger partial charge is 0.225 e. The van der Waals surface area contributed by atoms with Gasteiger partial charge in [0.15, 0.2) is 5.65 Å². The van der Waals surface area contributed by atoms with Gasteiger partial charge in [-0.2, -0.15) is 10.1 Å². The number of halogens is 3. The molecular weight excluding hydrogens is 327 g/mol. The normalized spacial score (nSPS) is 11.1. The molecule has 0 aliphatic rings. The number of nitrogens with one attached hydrogen (secondary N) is 1. The van der Waals surface area contributed by atoms with Gasteiger partial charge < -0.3 is 0 Å². The summed E-state index contributed by atoms with van der Waals surface area (Å²) in [4.78, 5) is 9.03. The fourth-order valence-corrected chi connectivity index (χ4v) is 3.16. The van der Waals surface area contributed by atoms with Crippen molar-refractivity contribution in [3.63, 3.8) is 0 Å². The van der Waals surface area contributed by atoms with Gasteiger partial charge in [-0.1, -0.05) is 35.0 Å². The van der Waals surface area contributed by atoms with Crippen molar-refractivity contribution in [1.29, 1.82) is 0 Å². The van der Waals surface area contributed by atoms with Crippen molar-refractivity contribution in [3.05, 3.63) is 39.7 Å². The first-order chi connectivity index (χ1) is 9.13. The number of nitrogens with zero attached hydrogens (tertiary/aromatic N) is 3. The Balaban J connectivity index is 2.10. The first-order valence-electron chi connectivity index (χ1n) is 5.13. The molecule has 2 heterocycles. The molecule has 2 aromatic heterocycles. The second-order valence-electron chi connectivity index (χ2n) is 3.61.